The number of ether oxygens (including phenoxy) is 1. The molecule has 1 aromatic carbocycles. The number of likely N-dealkylation sites (N-methyl/N-ethyl adjacent to an activating group) is 1. The van der Waals surface area contributed by atoms with Crippen LogP contribution in [0.5, 0.6) is 5.75 Å². The second-order valence-electron chi connectivity index (χ2n) is 5.16. The molecule has 3 rings (SSSR count). The van der Waals surface area contributed by atoms with Gasteiger partial charge in [-0.2, -0.15) is 0 Å². The number of nitrogens with one attached hydrogen (secondary N) is 1. The second-order valence-corrected chi connectivity index (χ2v) is 6.08. The van der Waals surface area contributed by atoms with E-state index in [-0.39, 0.29) is 12.4 Å². The van der Waals surface area contributed by atoms with Gasteiger partial charge in [0, 0.05) is 42.1 Å². The van der Waals surface area contributed by atoms with Crippen molar-refractivity contribution in [1.29, 1.82) is 0 Å². The number of fused-ring (bicyclic) bond motifs is 1. The lowest BCUT2D eigenvalue weighted by atomic mass is 10.1. The maximum Gasteiger partial charge on any atom is 0.127 e. The molecule has 1 atom stereocenters. The Morgan fingerprint density at radius 3 is 3.05 bits per heavy atom. The van der Waals surface area contributed by atoms with Gasteiger partial charge in [0.1, 0.15) is 5.75 Å². The maximum absolute atomic E-state index is 5.78. The lowest BCUT2D eigenvalue weighted by molar-refractivity contribution is 0.307. The number of hydrogen-bond donors (Lipinski definition) is 1. The topological polar surface area (TPSA) is 24.5 Å². The molecule has 1 unspecified atom stereocenters. The highest BCUT2D eigenvalue weighted by Gasteiger charge is 2.24. The Balaban J connectivity index is 0.00000133. The molecule has 0 saturated carbocycles. The van der Waals surface area contributed by atoms with E-state index in [1.807, 2.05) is 7.05 Å². The van der Waals surface area contributed by atoms with Gasteiger partial charge in [-0.05, 0) is 31.2 Å². The first-order chi connectivity index (χ1) is 8.76. The van der Waals surface area contributed by atoms with Gasteiger partial charge in [-0.15, -0.1) is 12.4 Å². The summed E-state index contributed by atoms with van der Waals surface area (Å²) in [5.74, 6) is 1.13. The first kappa shape index (κ1) is 15.1. The smallest absolute Gasteiger partial charge is 0.127 e. The molecule has 0 spiro atoms. The number of likely N-dealkylation sites (tertiary alicyclic amines) is 1. The molecule has 0 aliphatic carbocycles. The summed E-state index contributed by atoms with van der Waals surface area (Å²) in [5, 5.41) is 3.36. The van der Waals surface area contributed by atoms with Gasteiger partial charge < -0.3 is 10.1 Å². The Morgan fingerprint density at radius 1 is 1.47 bits per heavy atom. The van der Waals surface area contributed by atoms with Gasteiger partial charge in [0.15, 0.2) is 0 Å². The minimum Gasteiger partial charge on any atom is -0.493 e. The maximum atomic E-state index is 5.78. The van der Waals surface area contributed by atoms with Crippen LogP contribution < -0.4 is 10.1 Å². The van der Waals surface area contributed by atoms with Gasteiger partial charge >= 0.3 is 0 Å². The molecule has 5 heteroatoms. The molecule has 3 nitrogen and oxygen atoms in total. The van der Waals surface area contributed by atoms with E-state index in [9.17, 15) is 0 Å². The predicted octanol–water partition coefficient (Wildman–Crippen LogP) is 2.60. The highest BCUT2D eigenvalue weighted by Crippen LogP contribution is 2.34. The Hall–Kier alpha value is -0.290. The average Bonchev–Trinajstić information content (AvgIpc) is 2.97. The number of nitrogens with zero attached hydrogens (tertiary/aromatic N) is 1. The molecular weight excluding hydrogens is 328 g/mol. The monoisotopic (exact) mass is 346 g/mol. The summed E-state index contributed by atoms with van der Waals surface area (Å²) in [6, 6.07) is 5.04. The molecule has 1 aromatic rings. The van der Waals surface area contributed by atoms with E-state index < -0.39 is 0 Å². The fourth-order valence-corrected chi connectivity index (χ4v) is 3.47. The zero-order valence-electron chi connectivity index (χ0n) is 11.1. The van der Waals surface area contributed by atoms with E-state index in [1.54, 1.807) is 0 Å². The third-order valence-corrected chi connectivity index (χ3v) is 4.36. The van der Waals surface area contributed by atoms with E-state index in [1.165, 1.54) is 28.6 Å². The first-order valence-corrected chi connectivity index (χ1v) is 7.39. The SMILES string of the molecule is CNC1CCN(Cc2cc(Br)cc3c2OCC3)C1.Cl. The van der Waals surface area contributed by atoms with E-state index in [0.29, 0.717) is 6.04 Å². The van der Waals surface area contributed by atoms with Crippen molar-refractivity contribution in [2.45, 2.75) is 25.4 Å². The number of hydrogen-bond acceptors (Lipinski definition) is 3. The Labute approximate surface area is 129 Å². The van der Waals surface area contributed by atoms with E-state index in [0.717, 1.165) is 31.9 Å². The van der Waals surface area contributed by atoms with Gasteiger partial charge in [-0.3, -0.25) is 4.90 Å². The molecule has 1 fully saturated rings. The van der Waals surface area contributed by atoms with Crippen molar-refractivity contribution in [3.05, 3.63) is 27.7 Å². The van der Waals surface area contributed by atoms with Gasteiger partial charge in [0.05, 0.1) is 6.61 Å². The molecular formula is C14H20BrClN2O. The molecule has 1 saturated heterocycles. The first-order valence-electron chi connectivity index (χ1n) is 6.60. The third-order valence-electron chi connectivity index (χ3n) is 3.90. The van der Waals surface area contributed by atoms with E-state index in [2.05, 4.69) is 38.3 Å². The van der Waals surface area contributed by atoms with Crippen LogP contribution in [0, 0.1) is 0 Å². The minimum absolute atomic E-state index is 0. The lowest BCUT2D eigenvalue weighted by Crippen LogP contribution is -2.29. The number of halogens is 2. The van der Waals surface area contributed by atoms with Crippen LogP contribution in [0.2, 0.25) is 0 Å². The molecule has 106 valence electrons. The fraction of sp³-hybridized carbons (Fsp3) is 0.571. The number of benzene rings is 1. The molecule has 0 aromatic heterocycles. The molecule has 2 aliphatic heterocycles. The van der Waals surface area contributed by atoms with Crippen LogP contribution in [-0.2, 0) is 13.0 Å². The van der Waals surface area contributed by atoms with Crippen LogP contribution in [-0.4, -0.2) is 37.7 Å². The van der Waals surface area contributed by atoms with Gasteiger partial charge in [0.25, 0.3) is 0 Å². The fourth-order valence-electron chi connectivity index (χ4n) is 2.92. The highest BCUT2D eigenvalue weighted by molar-refractivity contribution is 9.10. The molecule has 1 N–H and O–H groups in total. The zero-order chi connectivity index (χ0) is 12.5. The van der Waals surface area contributed by atoms with Crippen LogP contribution >= 0.6 is 28.3 Å². The van der Waals surface area contributed by atoms with Crippen molar-refractivity contribution in [3.8, 4) is 5.75 Å². The largest absolute Gasteiger partial charge is 0.493 e. The molecule has 2 heterocycles. The quantitative estimate of drug-likeness (QED) is 0.909. The van der Waals surface area contributed by atoms with Gasteiger partial charge in [0.2, 0.25) is 0 Å². The van der Waals surface area contributed by atoms with Crippen molar-refractivity contribution in [2.24, 2.45) is 0 Å². The molecule has 0 bridgehead atoms. The summed E-state index contributed by atoms with van der Waals surface area (Å²) in [5.41, 5.74) is 2.68. The van der Waals surface area contributed by atoms with Crippen LogP contribution in [0.3, 0.4) is 0 Å². The summed E-state index contributed by atoms with van der Waals surface area (Å²) >= 11 is 3.60. The standard InChI is InChI=1S/C14H19BrN2O.ClH/c1-16-13-2-4-17(9-13)8-11-7-12(15)6-10-3-5-18-14(10)11;/h6-7,13,16H,2-5,8-9H2,1H3;1H. The summed E-state index contributed by atoms with van der Waals surface area (Å²) in [7, 11) is 2.05. The molecule has 0 radical (unpaired) electrons. The van der Waals surface area contributed by atoms with Crippen molar-refractivity contribution in [2.75, 3.05) is 26.7 Å². The van der Waals surface area contributed by atoms with Crippen molar-refractivity contribution < 1.29 is 4.74 Å². The normalized spacial score (nSPS) is 21.9. The Bertz CT molecular complexity index is 455. The summed E-state index contributed by atoms with van der Waals surface area (Å²) in [4.78, 5) is 2.50. The van der Waals surface area contributed by atoms with E-state index in [4.69, 9.17) is 4.74 Å². The third kappa shape index (κ3) is 3.24. The molecule has 19 heavy (non-hydrogen) atoms. The van der Waals surface area contributed by atoms with Gasteiger partial charge in [-0.25, -0.2) is 0 Å². The van der Waals surface area contributed by atoms with Crippen molar-refractivity contribution in [3.63, 3.8) is 0 Å². The van der Waals surface area contributed by atoms with Crippen LogP contribution in [0.25, 0.3) is 0 Å². The van der Waals surface area contributed by atoms with E-state index >= 15 is 0 Å². The summed E-state index contributed by atoms with van der Waals surface area (Å²) in [6.07, 6.45) is 2.29. The lowest BCUT2D eigenvalue weighted by Gasteiger charge is -2.18. The Morgan fingerprint density at radius 2 is 2.32 bits per heavy atom. The Kier molecular flexibility index (Phi) is 5.12. The van der Waals surface area contributed by atoms with Crippen molar-refractivity contribution >= 4 is 28.3 Å². The number of rotatable bonds is 3. The van der Waals surface area contributed by atoms with Crippen molar-refractivity contribution in [1.82, 2.24) is 10.2 Å². The summed E-state index contributed by atoms with van der Waals surface area (Å²) < 4.78 is 6.96. The molecule has 0 amide bonds. The molecule has 2 aliphatic rings. The zero-order valence-corrected chi connectivity index (χ0v) is 13.5. The van der Waals surface area contributed by atoms with Crippen LogP contribution in [0.15, 0.2) is 16.6 Å². The van der Waals surface area contributed by atoms with Crippen LogP contribution in [0.4, 0.5) is 0 Å². The average molecular weight is 348 g/mol. The highest BCUT2D eigenvalue weighted by atomic mass is 79.9. The van der Waals surface area contributed by atoms with Gasteiger partial charge in [-0.1, -0.05) is 15.9 Å². The second kappa shape index (κ2) is 6.44. The summed E-state index contributed by atoms with van der Waals surface area (Å²) in [6.45, 7) is 4.14. The minimum atomic E-state index is 0. The van der Waals surface area contributed by atoms with Crippen LogP contribution in [0.1, 0.15) is 17.5 Å². The predicted molar refractivity (Wildman–Crippen MR) is 83.3 cm³/mol.